The highest BCUT2D eigenvalue weighted by atomic mass is 32.2. The number of benzene rings is 1. The number of nitriles is 1. The van der Waals surface area contributed by atoms with E-state index in [-0.39, 0.29) is 43.8 Å². The lowest BCUT2D eigenvalue weighted by Crippen LogP contribution is -2.43. The van der Waals surface area contributed by atoms with E-state index in [0.717, 1.165) is 4.90 Å². The van der Waals surface area contributed by atoms with Gasteiger partial charge < -0.3 is 20.3 Å². The summed E-state index contributed by atoms with van der Waals surface area (Å²) >= 11 is 0. The van der Waals surface area contributed by atoms with E-state index >= 15 is 0 Å². The van der Waals surface area contributed by atoms with Gasteiger partial charge in [0, 0.05) is 50.1 Å². The molecule has 0 aliphatic carbocycles. The van der Waals surface area contributed by atoms with E-state index in [1.165, 1.54) is 16.9 Å². The number of aryl methyl sites for hydroxylation is 1. The minimum atomic E-state index is -4.35. The number of pyridine rings is 1. The number of para-hydroxylation sites is 1. The molecular formula is C32H39F3N8O7S. The van der Waals surface area contributed by atoms with Crippen LogP contribution in [0.25, 0.3) is 10.9 Å². The topological polar surface area (TPSA) is 210 Å². The summed E-state index contributed by atoms with van der Waals surface area (Å²) in [7, 11) is -4.35. The number of aromatic nitrogens is 4. The summed E-state index contributed by atoms with van der Waals surface area (Å²) in [5.41, 5.74) is 0.936. The Balaban J connectivity index is 1.16. The lowest BCUT2D eigenvalue weighted by Gasteiger charge is -2.19. The molecule has 0 spiro atoms. The number of likely N-dealkylation sites (tertiary alicyclic amines) is 1. The summed E-state index contributed by atoms with van der Waals surface area (Å²) in [4.78, 5) is 42.8. The first kappa shape index (κ1) is 39.0. The lowest BCUT2D eigenvalue weighted by molar-refractivity contribution is -0.131. The van der Waals surface area contributed by atoms with Crippen LogP contribution in [0.15, 0.2) is 36.7 Å². The maximum absolute atomic E-state index is 13.7. The molecule has 3 N–H and O–H groups in total. The summed E-state index contributed by atoms with van der Waals surface area (Å²) < 4.78 is 79.8. The number of hydrogen-bond donors (Lipinski definition) is 3. The zero-order chi connectivity index (χ0) is 37.0. The second kappa shape index (κ2) is 17.9. The Bertz CT molecular complexity index is 1840. The Morgan fingerprint density at radius 2 is 1.96 bits per heavy atom. The fourth-order valence-electron chi connectivity index (χ4n) is 5.58. The highest BCUT2D eigenvalue weighted by molar-refractivity contribution is 7.86. The first-order valence-corrected chi connectivity index (χ1v) is 17.8. The third-order valence-corrected chi connectivity index (χ3v) is 9.41. The molecule has 51 heavy (non-hydrogen) atoms. The number of hydrogen-bond acceptors (Lipinski definition) is 10. The van der Waals surface area contributed by atoms with Crippen LogP contribution < -0.4 is 15.4 Å². The van der Waals surface area contributed by atoms with Gasteiger partial charge in [0.2, 0.25) is 11.8 Å². The average molecular weight is 737 g/mol. The minimum absolute atomic E-state index is 0.00841. The predicted molar refractivity (Wildman–Crippen MR) is 176 cm³/mol. The third-order valence-electron chi connectivity index (χ3n) is 8.16. The minimum Gasteiger partial charge on any atom is -0.491 e. The third kappa shape index (κ3) is 11.3. The molecule has 15 nitrogen and oxygen atoms in total. The molecule has 2 atom stereocenters. The van der Waals surface area contributed by atoms with Gasteiger partial charge in [0.1, 0.15) is 17.3 Å². The Hall–Kier alpha value is -4.83. The van der Waals surface area contributed by atoms with Crippen LogP contribution in [0.2, 0.25) is 0 Å². The summed E-state index contributed by atoms with van der Waals surface area (Å²) in [6.45, 7) is -1.11. The van der Waals surface area contributed by atoms with Crippen LogP contribution in [0.3, 0.4) is 0 Å². The zero-order valence-corrected chi connectivity index (χ0v) is 28.5. The molecule has 2 aromatic heterocycles. The smallest absolute Gasteiger partial charge is 0.268 e. The second-order valence-electron chi connectivity index (χ2n) is 12.1. The van der Waals surface area contributed by atoms with Crippen molar-refractivity contribution in [3.63, 3.8) is 0 Å². The van der Waals surface area contributed by atoms with Crippen LogP contribution in [0.1, 0.15) is 61.0 Å². The molecule has 0 bridgehead atoms. The number of nitrogens with one attached hydrogen (secondary N) is 2. The van der Waals surface area contributed by atoms with Gasteiger partial charge >= 0.3 is 0 Å². The number of carbonyl (C=O) groups excluding carboxylic acids is 3. The zero-order valence-electron chi connectivity index (χ0n) is 27.6. The van der Waals surface area contributed by atoms with Crippen LogP contribution in [-0.4, -0.2) is 106 Å². The summed E-state index contributed by atoms with van der Waals surface area (Å²) in [5, 5.41) is 21.5. The Labute approximate surface area is 292 Å². The van der Waals surface area contributed by atoms with Crippen molar-refractivity contribution in [3.05, 3.63) is 47.9 Å². The predicted octanol–water partition coefficient (Wildman–Crippen LogP) is 2.62. The van der Waals surface area contributed by atoms with Gasteiger partial charge in [-0.2, -0.15) is 13.7 Å². The largest absolute Gasteiger partial charge is 0.491 e. The number of unbranched alkanes of at least 4 members (excludes halogenated alkanes) is 1. The number of rotatable bonds is 19. The van der Waals surface area contributed by atoms with Crippen molar-refractivity contribution < 1.29 is 45.3 Å². The van der Waals surface area contributed by atoms with E-state index in [1.807, 2.05) is 0 Å². The molecule has 3 aromatic rings. The average Bonchev–Trinajstić information content (AvgIpc) is 3.68. The monoisotopic (exact) mass is 736 g/mol. The molecule has 3 heterocycles. The molecule has 3 amide bonds. The first-order valence-electron chi connectivity index (χ1n) is 16.3. The molecule has 1 fully saturated rings. The van der Waals surface area contributed by atoms with Crippen molar-refractivity contribution in [2.24, 2.45) is 0 Å². The van der Waals surface area contributed by atoms with Crippen molar-refractivity contribution >= 4 is 38.7 Å². The Morgan fingerprint density at radius 3 is 2.71 bits per heavy atom. The molecule has 19 heteroatoms. The number of amides is 3. The molecule has 1 saturated heterocycles. The standard InChI is InChI=1S/C32H39F3N8O7S/c33-11-4-6-24(51(47,48)49)16-22-20-42(41-40-22)14-2-1-9-28(44)37-12-5-15-50-27-8-3-7-25-26(10-13-38-30(25)27)31(46)39-19-29(45)43-21-32(34,35)17-23(43)18-36/h3,7-8,10,13,20,23-24H,1-2,4-6,9,11-12,14-17,19,21H2,(H,37,44)(H,39,46)(H,47,48,49)/t23-,24?/m0/s1. The van der Waals surface area contributed by atoms with Crippen LogP contribution in [0, 0.1) is 11.3 Å². The van der Waals surface area contributed by atoms with E-state index in [0.29, 0.717) is 54.7 Å². The van der Waals surface area contributed by atoms with Crippen molar-refractivity contribution in [1.29, 1.82) is 5.26 Å². The SMILES string of the molecule is N#C[C@@H]1CC(F)(F)CN1C(=O)CNC(=O)c1ccnc2c(OCCCNC(=O)CCCCn3cc(CC(CCCF)S(=O)(=O)O)nn3)cccc12. The highest BCUT2D eigenvalue weighted by Gasteiger charge is 2.47. The maximum atomic E-state index is 13.7. The van der Waals surface area contributed by atoms with Gasteiger partial charge in [-0.1, -0.05) is 17.3 Å². The summed E-state index contributed by atoms with van der Waals surface area (Å²) in [6.07, 6.45) is 4.02. The molecule has 1 aliphatic rings. The van der Waals surface area contributed by atoms with Gasteiger partial charge in [-0.3, -0.25) is 33.0 Å². The summed E-state index contributed by atoms with van der Waals surface area (Å²) in [5.74, 6) is -4.34. The van der Waals surface area contributed by atoms with Gasteiger partial charge in [0.05, 0.1) is 48.9 Å². The normalized spacial score (nSPS) is 16.1. The van der Waals surface area contributed by atoms with Crippen molar-refractivity contribution in [3.8, 4) is 11.8 Å². The van der Waals surface area contributed by atoms with Crippen molar-refractivity contribution in [2.45, 2.75) is 75.1 Å². The molecule has 0 radical (unpaired) electrons. The van der Waals surface area contributed by atoms with E-state index in [1.54, 1.807) is 30.5 Å². The van der Waals surface area contributed by atoms with E-state index in [2.05, 4.69) is 25.9 Å². The number of carbonyl (C=O) groups is 3. The van der Waals surface area contributed by atoms with Gasteiger partial charge in [0.25, 0.3) is 21.9 Å². The van der Waals surface area contributed by atoms with Gasteiger partial charge in [-0.25, -0.2) is 8.78 Å². The number of nitrogens with zero attached hydrogens (tertiary/aromatic N) is 6. The molecule has 4 rings (SSSR count). The van der Waals surface area contributed by atoms with Crippen LogP contribution in [0.5, 0.6) is 5.75 Å². The molecule has 1 unspecified atom stereocenters. The van der Waals surface area contributed by atoms with E-state index in [9.17, 15) is 40.5 Å². The van der Waals surface area contributed by atoms with Crippen molar-refractivity contribution in [2.75, 3.05) is 32.9 Å². The highest BCUT2D eigenvalue weighted by Crippen LogP contribution is 2.31. The Kier molecular flexibility index (Phi) is 13.7. The molecule has 1 aliphatic heterocycles. The lowest BCUT2D eigenvalue weighted by atomic mass is 10.1. The second-order valence-corrected chi connectivity index (χ2v) is 13.8. The van der Waals surface area contributed by atoms with Crippen molar-refractivity contribution in [1.82, 2.24) is 35.5 Å². The number of alkyl halides is 3. The molecule has 0 saturated carbocycles. The van der Waals surface area contributed by atoms with E-state index < -0.39 is 65.3 Å². The van der Waals surface area contributed by atoms with Crippen LogP contribution in [0.4, 0.5) is 13.2 Å². The first-order chi connectivity index (χ1) is 24.3. The Morgan fingerprint density at radius 1 is 1.16 bits per heavy atom. The molecular weight excluding hydrogens is 697 g/mol. The van der Waals surface area contributed by atoms with Gasteiger partial charge in [0.15, 0.2) is 0 Å². The number of ether oxygens (including phenoxy) is 1. The number of halogens is 3. The fourth-order valence-corrected chi connectivity index (χ4v) is 6.42. The molecule has 276 valence electrons. The van der Waals surface area contributed by atoms with E-state index in [4.69, 9.17) is 10.00 Å². The molecule has 1 aromatic carbocycles. The van der Waals surface area contributed by atoms with Crippen LogP contribution >= 0.6 is 0 Å². The van der Waals surface area contributed by atoms with Gasteiger partial charge in [-0.15, -0.1) is 5.10 Å². The fraction of sp³-hybridized carbons (Fsp3) is 0.531. The van der Waals surface area contributed by atoms with Crippen LogP contribution in [-0.2, 0) is 32.7 Å². The van der Waals surface area contributed by atoms with Gasteiger partial charge in [-0.05, 0) is 44.2 Å². The summed E-state index contributed by atoms with van der Waals surface area (Å²) in [6, 6.07) is 6.87. The maximum Gasteiger partial charge on any atom is 0.268 e. The quantitative estimate of drug-likeness (QED) is 0.120. The number of fused-ring (bicyclic) bond motifs is 1.